The molecule has 4 aromatic rings. The first-order valence-corrected chi connectivity index (χ1v) is 38.3. The van der Waals surface area contributed by atoms with E-state index >= 15 is 0 Å². The first kappa shape index (κ1) is 94.3. The topological polar surface area (TPSA) is 208 Å². The fourth-order valence-corrected chi connectivity index (χ4v) is 11.1. The number of ether oxygens (including phenoxy) is 6. The van der Waals surface area contributed by atoms with Gasteiger partial charge in [0, 0.05) is 58.8 Å². The Morgan fingerprint density at radius 1 is 0.430 bits per heavy atom. The van der Waals surface area contributed by atoms with Gasteiger partial charge in [0.05, 0.1) is 33.0 Å². The summed E-state index contributed by atoms with van der Waals surface area (Å²) >= 11 is 0. The molecule has 16 heteroatoms. The molecule has 0 aliphatic heterocycles. The van der Waals surface area contributed by atoms with Gasteiger partial charge < -0.3 is 44.8 Å². The molecule has 0 aliphatic rings. The third-order valence-electron chi connectivity index (χ3n) is 17.2. The number of aldehydes is 1. The largest absolute Gasteiger partial charge is 1.00 e. The summed E-state index contributed by atoms with van der Waals surface area (Å²) in [5, 5.41) is 5.88. The molecule has 0 aliphatic carbocycles. The van der Waals surface area contributed by atoms with Crippen LogP contribution >= 0.6 is 0 Å². The Kier molecular flexibility index (Phi) is 62.7. The minimum atomic E-state index is -1.40. The van der Waals surface area contributed by atoms with Crippen LogP contribution in [0.1, 0.15) is 317 Å². The first-order chi connectivity index (χ1) is 48.1. The van der Waals surface area contributed by atoms with Crippen molar-refractivity contribution in [1.82, 2.24) is 10.6 Å². The molecule has 0 spiro atoms. The van der Waals surface area contributed by atoms with Gasteiger partial charge in [-0.15, -0.1) is 0 Å². The van der Waals surface area contributed by atoms with Gasteiger partial charge in [-0.1, -0.05) is 285 Å². The summed E-state index contributed by atoms with van der Waals surface area (Å²) in [4.78, 5) is 66.3. The molecule has 2 amide bonds. The number of nitrogens with two attached hydrogens (primary N) is 1. The number of carbonyl (C=O) groups excluding carboxylic acids is 6. The summed E-state index contributed by atoms with van der Waals surface area (Å²) < 4.78 is 31.1. The van der Waals surface area contributed by atoms with Crippen LogP contribution in [0.5, 0.6) is 23.0 Å². The quantitative estimate of drug-likeness (QED) is 0.0124. The predicted octanol–water partition coefficient (Wildman–Crippen LogP) is 17.6. The molecule has 0 atom stereocenters. The van der Waals surface area contributed by atoms with E-state index in [0.717, 1.165) is 62.6 Å². The zero-order valence-corrected chi connectivity index (χ0v) is 66.3. The van der Waals surface area contributed by atoms with Gasteiger partial charge in [0.2, 0.25) is 17.6 Å². The number of benzene rings is 4. The van der Waals surface area contributed by atoms with E-state index in [1.807, 2.05) is 43.3 Å². The SMILES string of the molecule is CC(=O)OC(OC(C)=O)C(C)=O.CCCCCCCCCCCCCCCCCCCCc1ccc(OCCCC(=O)NCc2ccc(C)cc2)cc1OC.CCCCCCCCCCCCCCCCCCN.COc1cc(OCCCC(=O)NCc2ccc(C)cc2)ccc1C=O.[Na+]. The predicted molar refractivity (Wildman–Crippen MR) is 406 cm³/mol. The van der Waals surface area contributed by atoms with E-state index in [-0.39, 0.29) is 41.4 Å². The van der Waals surface area contributed by atoms with Gasteiger partial charge in [-0.25, -0.2) is 0 Å². The third-order valence-corrected chi connectivity index (χ3v) is 17.2. The average Bonchev–Trinajstić information content (AvgIpc) is 0.883. The van der Waals surface area contributed by atoms with E-state index < -0.39 is 24.0 Å². The summed E-state index contributed by atoms with van der Waals surface area (Å²) in [5.41, 5.74) is 11.8. The molecule has 4 N–H and O–H groups in total. The van der Waals surface area contributed by atoms with E-state index in [9.17, 15) is 28.8 Å². The fraction of sp³-hybridized carbons (Fsp3) is 0.643. The van der Waals surface area contributed by atoms with Crippen molar-refractivity contribution in [3.05, 3.63) is 118 Å². The fourth-order valence-electron chi connectivity index (χ4n) is 11.1. The van der Waals surface area contributed by atoms with Crippen molar-refractivity contribution in [3.8, 4) is 23.0 Å². The van der Waals surface area contributed by atoms with Crippen molar-refractivity contribution in [2.45, 2.75) is 318 Å². The Bertz CT molecular complexity index is 2640. The number of carbonyl (C=O) groups is 6. The first-order valence-electron chi connectivity index (χ1n) is 38.3. The number of hydrogen-bond acceptors (Lipinski definition) is 13. The number of esters is 2. The number of ketones is 1. The molecule has 4 aromatic carbocycles. The van der Waals surface area contributed by atoms with Crippen LogP contribution in [0.15, 0.2) is 84.9 Å². The zero-order valence-electron chi connectivity index (χ0n) is 64.3. The minimum absolute atomic E-state index is 0. The molecule has 558 valence electrons. The minimum Gasteiger partial charge on any atom is -0.496 e. The Morgan fingerprint density at radius 2 is 0.760 bits per heavy atom. The second-order valence-corrected chi connectivity index (χ2v) is 26.4. The summed E-state index contributed by atoms with van der Waals surface area (Å²) in [6.45, 7) is 15.0. The van der Waals surface area contributed by atoms with Crippen LogP contribution in [0.25, 0.3) is 0 Å². The summed E-state index contributed by atoms with van der Waals surface area (Å²) in [6.07, 6.45) is 50.6. The van der Waals surface area contributed by atoms with Crippen molar-refractivity contribution in [2.75, 3.05) is 34.0 Å². The summed E-state index contributed by atoms with van der Waals surface area (Å²) in [7, 11) is 3.24. The van der Waals surface area contributed by atoms with Crippen molar-refractivity contribution < 1.29 is 86.7 Å². The number of amides is 2. The van der Waals surface area contributed by atoms with Gasteiger partial charge in [0.1, 0.15) is 23.0 Å². The number of rotatable bonds is 55. The molecule has 0 aromatic heterocycles. The van der Waals surface area contributed by atoms with Crippen LogP contribution in [0.3, 0.4) is 0 Å². The number of aryl methyl sites for hydroxylation is 3. The molecule has 0 radical (unpaired) electrons. The number of hydrogen-bond donors (Lipinski definition) is 3. The Hall–Kier alpha value is -5.74. The van der Waals surface area contributed by atoms with E-state index in [2.05, 4.69) is 71.2 Å². The Labute approximate surface area is 628 Å². The van der Waals surface area contributed by atoms with Crippen molar-refractivity contribution >= 4 is 35.8 Å². The molecule has 15 nitrogen and oxygen atoms in total. The smallest absolute Gasteiger partial charge is 0.496 e. The van der Waals surface area contributed by atoms with E-state index in [1.165, 1.54) is 242 Å². The second-order valence-electron chi connectivity index (χ2n) is 26.4. The maximum Gasteiger partial charge on any atom is 1.00 e. The Balaban J connectivity index is 0.00000145. The molecule has 0 saturated carbocycles. The van der Waals surface area contributed by atoms with Gasteiger partial charge >= 0.3 is 47.8 Å². The van der Waals surface area contributed by atoms with Crippen LogP contribution in [0.4, 0.5) is 0 Å². The van der Waals surface area contributed by atoms with E-state index in [1.54, 1.807) is 25.3 Å². The van der Waals surface area contributed by atoms with Crippen molar-refractivity contribution in [1.29, 1.82) is 0 Å². The third kappa shape index (κ3) is 54.9. The standard InChI is InChI=1S/C39H63NO3.C20H23NO4.C18H39N.C7H10O5.Na/c1-4-5-6-7-8-9-10-11-12-13-14-15-16-17-18-19-20-21-23-36-29-30-37(32-38(36)42-3)43-31-22-24-39(41)40-33-35-27-25-34(2)26-28-35;1-15-5-7-16(8-6-15)13-21-20(23)4-3-11-25-18-10-9-17(14-22)19(12-18)24-2;1-2-3-4-5-6-7-8-9-10-11-12-13-14-15-16-17-18-19;1-4(8)7(11-5(2)9)12-6(3)10;/h25-30,32H,4-24,31,33H2,1-3H3,(H,40,41);5-10,12,14H,3-4,11,13H2,1-2H3,(H,21,23);2-19H2,1H3;7H,1-3H3;/q;;;;+1. The van der Waals surface area contributed by atoms with Crippen LogP contribution < -0.4 is 64.9 Å². The summed E-state index contributed by atoms with van der Waals surface area (Å²) in [6, 6.07) is 27.5. The van der Waals surface area contributed by atoms with Crippen LogP contribution in [-0.4, -0.2) is 76.1 Å². The molecular weight excluding hydrogens is 1270 g/mol. The maximum atomic E-state index is 12.2. The van der Waals surface area contributed by atoms with Gasteiger partial charge in [-0.2, -0.15) is 0 Å². The molecule has 100 heavy (non-hydrogen) atoms. The number of nitrogens with one attached hydrogen (secondary N) is 2. The van der Waals surface area contributed by atoms with Crippen LogP contribution in [-0.2, 0) is 53.0 Å². The number of unbranched alkanes of at least 4 members (excludes halogenated alkanes) is 32. The summed E-state index contributed by atoms with van der Waals surface area (Å²) in [5.74, 6) is 0.984. The van der Waals surface area contributed by atoms with Gasteiger partial charge in [0.15, 0.2) is 6.29 Å². The normalized spacial score (nSPS) is 10.5. The van der Waals surface area contributed by atoms with Gasteiger partial charge in [0.25, 0.3) is 0 Å². The molecule has 0 unspecified atom stereocenters. The van der Waals surface area contributed by atoms with E-state index in [4.69, 9.17) is 24.7 Å². The number of methoxy groups -OCH3 is 2. The van der Waals surface area contributed by atoms with Gasteiger partial charge in [-0.3, -0.25) is 28.8 Å². The average molecular weight is 1400 g/mol. The van der Waals surface area contributed by atoms with Crippen molar-refractivity contribution in [2.24, 2.45) is 5.73 Å². The maximum absolute atomic E-state index is 12.2. The molecule has 4 rings (SSSR count). The Morgan fingerprint density at radius 3 is 1.08 bits per heavy atom. The molecular formula is C84H135N3NaO12+. The van der Waals surface area contributed by atoms with E-state index in [0.29, 0.717) is 69.0 Å². The van der Waals surface area contributed by atoms with Crippen molar-refractivity contribution in [3.63, 3.8) is 0 Å². The van der Waals surface area contributed by atoms with Crippen LogP contribution in [0.2, 0.25) is 0 Å². The molecule has 0 fully saturated rings. The van der Waals surface area contributed by atoms with Gasteiger partial charge in [-0.05, 0) is 87.4 Å². The molecule has 0 heterocycles. The molecule has 0 bridgehead atoms. The second kappa shape index (κ2) is 66.5. The zero-order chi connectivity index (χ0) is 72.6. The van der Waals surface area contributed by atoms with Crippen LogP contribution in [0, 0.1) is 13.8 Å². The monoisotopic (exact) mass is 1400 g/mol. The molecule has 0 saturated heterocycles. The number of Topliss-reactive ketones (excluding diaryl/α,β-unsaturated/α-hetero) is 1.